The van der Waals surface area contributed by atoms with Crippen LogP contribution in [0.25, 0.3) is 0 Å². The fourth-order valence-corrected chi connectivity index (χ4v) is 1.30. The van der Waals surface area contributed by atoms with Crippen LogP contribution in [0.15, 0.2) is 18.2 Å². The summed E-state index contributed by atoms with van der Waals surface area (Å²) in [6.45, 7) is 6.09. The number of benzene rings is 1. The number of aromatic hydroxyl groups is 1. The van der Waals surface area contributed by atoms with Crippen molar-refractivity contribution in [1.29, 1.82) is 0 Å². The minimum absolute atomic E-state index is 0. The Labute approximate surface area is 108 Å². The van der Waals surface area contributed by atoms with E-state index in [-0.39, 0.29) is 36.0 Å². The normalized spacial score (nSPS) is 10.6. The van der Waals surface area contributed by atoms with E-state index in [1.807, 2.05) is 6.07 Å². The molecule has 4 nitrogen and oxygen atoms in total. The molecule has 1 rings (SSSR count). The molecule has 0 aromatic heterocycles. The van der Waals surface area contributed by atoms with Gasteiger partial charge in [-0.3, -0.25) is 4.79 Å². The van der Waals surface area contributed by atoms with Gasteiger partial charge >= 0.3 is 0 Å². The van der Waals surface area contributed by atoms with Crippen LogP contribution in [-0.2, 0) is 10.2 Å². The van der Waals surface area contributed by atoms with Crippen molar-refractivity contribution in [1.82, 2.24) is 0 Å². The lowest BCUT2D eigenvalue weighted by atomic mass is 9.87. The molecule has 1 aromatic rings. The van der Waals surface area contributed by atoms with Crippen molar-refractivity contribution in [3.8, 4) is 5.75 Å². The van der Waals surface area contributed by atoms with Gasteiger partial charge in [-0.15, -0.1) is 12.4 Å². The van der Waals surface area contributed by atoms with Crippen LogP contribution in [0.4, 0.5) is 5.69 Å². The number of hydrogen-bond acceptors (Lipinski definition) is 3. The highest BCUT2D eigenvalue weighted by Crippen LogP contribution is 2.30. The summed E-state index contributed by atoms with van der Waals surface area (Å²) in [7, 11) is 0. The number of rotatable bonds is 2. The number of anilines is 1. The van der Waals surface area contributed by atoms with Crippen LogP contribution >= 0.6 is 12.4 Å². The average molecular weight is 259 g/mol. The highest BCUT2D eigenvalue weighted by atomic mass is 35.5. The van der Waals surface area contributed by atoms with E-state index in [1.165, 1.54) is 0 Å². The number of hydrogen-bond donors (Lipinski definition) is 3. The lowest BCUT2D eigenvalue weighted by molar-refractivity contribution is -0.114. The van der Waals surface area contributed by atoms with Gasteiger partial charge in [0.1, 0.15) is 5.75 Å². The Bertz CT molecular complexity index is 400. The van der Waals surface area contributed by atoms with Crippen molar-refractivity contribution in [3.05, 3.63) is 23.8 Å². The number of carbonyl (C=O) groups is 1. The molecule has 17 heavy (non-hydrogen) atoms. The predicted octanol–water partition coefficient (Wildman–Crippen LogP) is 2.01. The highest BCUT2D eigenvalue weighted by molar-refractivity contribution is 5.93. The molecule has 0 heterocycles. The first-order valence-electron chi connectivity index (χ1n) is 5.18. The molecule has 0 aliphatic carbocycles. The molecule has 0 atom stereocenters. The molecule has 0 aliphatic heterocycles. The fraction of sp³-hybridized carbons (Fsp3) is 0.417. The van der Waals surface area contributed by atoms with E-state index in [0.29, 0.717) is 5.69 Å². The number of amides is 1. The quantitative estimate of drug-likeness (QED) is 0.711. The third kappa shape index (κ3) is 4.24. The van der Waals surface area contributed by atoms with Gasteiger partial charge in [0.25, 0.3) is 0 Å². The minimum atomic E-state index is -0.318. The average Bonchev–Trinajstić information content (AvgIpc) is 2.19. The Balaban J connectivity index is 0.00000256. The lowest BCUT2D eigenvalue weighted by Crippen LogP contribution is -2.22. The van der Waals surface area contributed by atoms with Crippen LogP contribution in [0.2, 0.25) is 0 Å². The molecule has 0 radical (unpaired) electrons. The molecular weight excluding hydrogens is 240 g/mol. The van der Waals surface area contributed by atoms with E-state index in [4.69, 9.17) is 5.73 Å². The van der Waals surface area contributed by atoms with Gasteiger partial charge in [0.2, 0.25) is 5.91 Å². The summed E-state index contributed by atoms with van der Waals surface area (Å²) in [5, 5.41) is 12.1. The Morgan fingerprint density at radius 2 is 2.00 bits per heavy atom. The summed E-state index contributed by atoms with van der Waals surface area (Å²) in [4.78, 5) is 11.1. The Kier molecular flexibility index (Phi) is 5.45. The smallest absolute Gasteiger partial charge is 0.238 e. The van der Waals surface area contributed by atoms with E-state index >= 15 is 0 Å². The maximum absolute atomic E-state index is 11.1. The number of phenols is 1. The SMILES string of the molecule is CC(C)(C)c1ccc(O)c(NC(=O)CN)c1.Cl. The fourth-order valence-electron chi connectivity index (χ4n) is 1.30. The molecule has 0 fully saturated rings. The van der Waals surface area contributed by atoms with E-state index in [9.17, 15) is 9.90 Å². The lowest BCUT2D eigenvalue weighted by Gasteiger charge is -2.20. The first-order valence-corrected chi connectivity index (χ1v) is 5.18. The summed E-state index contributed by atoms with van der Waals surface area (Å²) in [6.07, 6.45) is 0. The van der Waals surface area contributed by atoms with Crippen LogP contribution in [0.3, 0.4) is 0 Å². The van der Waals surface area contributed by atoms with Gasteiger partial charge in [-0.05, 0) is 23.1 Å². The Morgan fingerprint density at radius 1 is 1.41 bits per heavy atom. The van der Waals surface area contributed by atoms with Crippen LogP contribution in [0, 0.1) is 0 Å². The highest BCUT2D eigenvalue weighted by Gasteiger charge is 2.15. The molecule has 96 valence electrons. The van der Waals surface area contributed by atoms with Gasteiger partial charge in [-0.2, -0.15) is 0 Å². The van der Waals surface area contributed by atoms with E-state index in [1.54, 1.807) is 12.1 Å². The number of halogens is 1. The topological polar surface area (TPSA) is 75.3 Å². The summed E-state index contributed by atoms with van der Waals surface area (Å²) in [6, 6.07) is 5.18. The second-order valence-corrected chi connectivity index (χ2v) is 4.73. The van der Waals surface area contributed by atoms with Crippen LogP contribution in [0.5, 0.6) is 5.75 Å². The van der Waals surface area contributed by atoms with E-state index in [2.05, 4.69) is 26.1 Å². The molecule has 1 aromatic carbocycles. The molecule has 0 aliphatic rings. The zero-order valence-electron chi connectivity index (χ0n) is 10.3. The Morgan fingerprint density at radius 3 is 2.47 bits per heavy atom. The molecule has 0 spiro atoms. The maximum Gasteiger partial charge on any atom is 0.238 e. The van der Waals surface area contributed by atoms with Gasteiger partial charge in [-0.25, -0.2) is 0 Å². The molecule has 0 saturated heterocycles. The Hall–Kier alpha value is -1.26. The summed E-state index contributed by atoms with van der Waals surface area (Å²) < 4.78 is 0. The van der Waals surface area contributed by atoms with Crippen molar-refractivity contribution in [2.24, 2.45) is 5.73 Å². The van der Waals surface area contributed by atoms with Crippen LogP contribution < -0.4 is 11.1 Å². The van der Waals surface area contributed by atoms with E-state index in [0.717, 1.165) is 5.56 Å². The molecule has 5 heteroatoms. The summed E-state index contributed by atoms with van der Waals surface area (Å²) in [5.41, 5.74) is 6.61. The molecule has 0 saturated carbocycles. The molecule has 1 amide bonds. The van der Waals surface area contributed by atoms with E-state index < -0.39 is 0 Å². The molecule has 0 bridgehead atoms. The predicted molar refractivity (Wildman–Crippen MR) is 71.7 cm³/mol. The largest absolute Gasteiger partial charge is 0.506 e. The molecule has 0 unspecified atom stereocenters. The third-order valence-electron chi connectivity index (χ3n) is 2.32. The van der Waals surface area contributed by atoms with Gasteiger partial charge in [0, 0.05) is 0 Å². The van der Waals surface area contributed by atoms with Crippen LogP contribution in [-0.4, -0.2) is 17.6 Å². The van der Waals surface area contributed by atoms with Crippen molar-refractivity contribution < 1.29 is 9.90 Å². The zero-order chi connectivity index (χ0) is 12.3. The number of carbonyl (C=O) groups excluding carboxylic acids is 1. The molecular formula is C12H19ClN2O2. The second kappa shape index (κ2) is 5.89. The first kappa shape index (κ1) is 15.7. The van der Waals surface area contributed by atoms with Crippen molar-refractivity contribution in [2.45, 2.75) is 26.2 Å². The number of nitrogens with one attached hydrogen (secondary N) is 1. The standard InChI is InChI=1S/C12H18N2O2.ClH/c1-12(2,3)8-4-5-10(15)9(6-8)14-11(16)7-13;/h4-6,15H,7,13H2,1-3H3,(H,14,16);1H. The van der Waals surface area contributed by atoms with Crippen molar-refractivity contribution in [2.75, 3.05) is 11.9 Å². The minimum Gasteiger partial charge on any atom is -0.506 e. The van der Waals surface area contributed by atoms with Crippen LogP contribution in [0.1, 0.15) is 26.3 Å². The zero-order valence-corrected chi connectivity index (χ0v) is 11.1. The summed E-state index contributed by atoms with van der Waals surface area (Å²) >= 11 is 0. The number of nitrogens with two attached hydrogens (primary N) is 1. The third-order valence-corrected chi connectivity index (χ3v) is 2.32. The second-order valence-electron chi connectivity index (χ2n) is 4.73. The van der Waals surface area contributed by atoms with Gasteiger partial charge < -0.3 is 16.2 Å². The maximum atomic E-state index is 11.1. The monoisotopic (exact) mass is 258 g/mol. The first-order chi connectivity index (χ1) is 7.34. The number of phenolic OH excluding ortho intramolecular Hbond substituents is 1. The van der Waals surface area contributed by atoms with Crippen molar-refractivity contribution >= 4 is 24.0 Å². The van der Waals surface area contributed by atoms with Crippen molar-refractivity contribution in [3.63, 3.8) is 0 Å². The summed E-state index contributed by atoms with van der Waals surface area (Å²) in [5.74, 6) is -0.267. The van der Waals surface area contributed by atoms with Gasteiger partial charge in [-0.1, -0.05) is 26.8 Å². The van der Waals surface area contributed by atoms with Gasteiger partial charge in [0.15, 0.2) is 0 Å². The van der Waals surface area contributed by atoms with Gasteiger partial charge in [0.05, 0.1) is 12.2 Å². The molecule has 4 N–H and O–H groups in total.